The number of aliphatic hydroxyl groups excluding tert-OH is 1. The summed E-state index contributed by atoms with van der Waals surface area (Å²) in [6, 6.07) is 0.642. The maximum atomic E-state index is 12.9. The van der Waals surface area contributed by atoms with Gasteiger partial charge in [0.25, 0.3) is 0 Å². The van der Waals surface area contributed by atoms with E-state index in [4.69, 9.17) is 28.3 Å². The molecule has 1 nitrogen and oxygen atoms in total. The lowest BCUT2D eigenvalue weighted by Crippen LogP contribution is -1.98. The standard InChI is InChI=1S/C7H3Cl2F3O/c8-3-1-2(7(12)13)5(10)4(9)6(3)11/h1,7,13H. The highest BCUT2D eigenvalue weighted by molar-refractivity contribution is 6.35. The Hall–Kier alpha value is -0.450. The first-order valence-electron chi connectivity index (χ1n) is 3.10. The van der Waals surface area contributed by atoms with Crippen molar-refractivity contribution in [1.82, 2.24) is 0 Å². The van der Waals surface area contributed by atoms with Gasteiger partial charge in [-0.2, -0.15) is 0 Å². The molecule has 0 saturated carbocycles. The molecule has 13 heavy (non-hydrogen) atoms. The van der Waals surface area contributed by atoms with Crippen LogP contribution in [0.5, 0.6) is 0 Å². The van der Waals surface area contributed by atoms with Crippen molar-refractivity contribution in [1.29, 1.82) is 0 Å². The van der Waals surface area contributed by atoms with Crippen molar-refractivity contribution in [2.75, 3.05) is 0 Å². The molecule has 0 aromatic heterocycles. The molecule has 0 amide bonds. The van der Waals surface area contributed by atoms with E-state index < -0.39 is 33.6 Å². The Morgan fingerprint density at radius 1 is 1.23 bits per heavy atom. The zero-order chi connectivity index (χ0) is 10.2. The van der Waals surface area contributed by atoms with Crippen molar-refractivity contribution in [2.45, 2.75) is 6.36 Å². The fourth-order valence-corrected chi connectivity index (χ4v) is 1.24. The van der Waals surface area contributed by atoms with Gasteiger partial charge in [-0.1, -0.05) is 23.2 Å². The Bertz CT molecular complexity index is 341. The van der Waals surface area contributed by atoms with E-state index in [2.05, 4.69) is 0 Å². The fourth-order valence-electron chi connectivity index (χ4n) is 0.765. The highest BCUT2D eigenvalue weighted by atomic mass is 35.5. The van der Waals surface area contributed by atoms with Crippen molar-refractivity contribution in [3.63, 3.8) is 0 Å². The minimum atomic E-state index is -2.57. The average molecular weight is 231 g/mol. The predicted molar refractivity (Wildman–Crippen MR) is 42.4 cm³/mol. The van der Waals surface area contributed by atoms with Gasteiger partial charge in [-0.15, -0.1) is 0 Å². The van der Waals surface area contributed by atoms with Crippen LogP contribution < -0.4 is 0 Å². The highest BCUT2D eigenvalue weighted by Gasteiger charge is 2.20. The Kier molecular flexibility index (Phi) is 3.05. The van der Waals surface area contributed by atoms with E-state index >= 15 is 0 Å². The zero-order valence-electron chi connectivity index (χ0n) is 5.99. The summed E-state index contributed by atoms with van der Waals surface area (Å²) < 4.78 is 37.9. The molecule has 1 rings (SSSR count). The van der Waals surface area contributed by atoms with Crippen LogP contribution in [0.1, 0.15) is 11.9 Å². The number of halogens is 5. The third kappa shape index (κ3) is 1.90. The minimum Gasteiger partial charge on any atom is -0.360 e. The predicted octanol–water partition coefficient (Wildman–Crippen LogP) is 3.23. The van der Waals surface area contributed by atoms with E-state index in [-0.39, 0.29) is 0 Å². The molecule has 1 N–H and O–H groups in total. The Balaban J connectivity index is 3.41. The summed E-state index contributed by atoms with van der Waals surface area (Å²) in [4.78, 5) is 0. The molecule has 1 aromatic rings. The summed E-state index contributed by atoms with van der Waals surface area (Å²) in [6.45, 7) is 0. The molecule has 0 aliphatic carbocycles. The summed E-state index contributed by atoms with van der Waals surface area (Å²) in [5.41, 5.74) is -0.781. The second-order valence-electron chi connectivity index (χ2n) is 2.23. The highest BCUT2D eigenvalue weighted by Crippen LogP contribution is 2.31. The maximum Gasteiger partial charge on any atom is 0.225 e. The van der Waals surface area contributed by atoms with E-state index in [1.54, 1.807) is 0 Å². The molecule has 0 aliphatic heterocycles. The van der Waals surface area contributed by atoms with Crippen LogP contribution in [-0.4, -0.2) is 5.11 Å². The zero-order valence-corrected chi connectivity index (χ0v) is 7.50. The lowest BCUT2D eigenvalue weighted by atomic mass is 10.2. The first-order valence-corrected chi connectivity index (χ1v) is 3.85. The van der Waals surface area contributed by atoms with Crippen molar-refractivity contribution in [3.8, 4) is 0 Å². The molecule has 6 heteroatoms. The molecule has 1 aromatic carbocycles. The molecular formula is C7H3Cl2F3O. The van der Waals surface area contributed by atoms with Gasteiger partial charge in [-0.25, -0.2) is 13.2 Å². The van der Waals surface area contributed by atoms with E-state index in [1.807, 2.05) is 0 Å². The summed E-state index contributed by atoms with van der Waals surface area (Å²) >= 11 is 10.4. The molecule has 1 unspecified atom stereocenters. The van der Waals surface area contributed by atoms with Gasteiger partial charge in [0.15, 0.2) is 11.6 Å². The lowest BCUT2D eigenvalue weighted by molar-refractivity contribution is 0.0378. The second kappa shape index (κ2) is 3.74. The van der Waals surface area contributed by atoms with Crippen LogP contribution in [0.15, 0.2) is 6.07 Å². The number of rotatable bonds is 1. The first kappa shape index (κ1) is 10.6. The summed E-state index contributed by atoms with van der Waals surface area (Å²) in [6.07, 6.45) is -2.57. The van der Waals surface area contributed by atoms with Gasteiger partial charge in [-0.05, 0) is 6.07 Å². The number of benzene rings is 1. The Labute approximate surface area is 81.7 Å². The van der Waals surface area contributed by atoms with Gasteiger partial charge in [0.2, 0.25) is 6.36 Å². The lowest BCUT2D eigenvalue weighted by Gasteiger charge is -2.06. The molecule has 0 spiro atoms. The smallest absolute Gasteiger partial charge is 0.225 e. The van der Waals surface area contributed by atoms with Crippen LogP contribution in [0, 0.1) is 11.6 Å². The third-order valence-electron chi connectivity index (χ3n) is 1.39. The molecule has 0 saturated heterocycles. The monoisotopic (exact) mass is 230 g/mol. The molecule has 0 aliphatic rings. The quantitative estimate of drug-likeness (QED) is 0.581. The van der Waals surface area contributed by atoms with Crippen LogP contribution in [0.25, 0.3) is 0 Å². The SMILES string of the molecule is OC(F)c1cc(Cl)c(F)c(Cl)c1F. The van der Waals surface area contributed by atoms with Gasteiger partial charge in [0.05, 0.1) is 10.6 Å². The van der Waals surface area contributed by atoms with Gasteiger partial charge in [-0.3, -0.25) is 0 Å². The van der Waals surface area contributed by atoms with Crippen molar-refractivity contribution in [2.24, 2.45) is 0 Å². The summed E-state index contributed by atoms with van der Waals surface area (Å²) in [5.74, 6) is -2.52. The van der Waals surface area contributed by atoms with Crippen LogP contribution in [0.4, 0.5) is 13.2 Å². The molecule has 0 fully saturated rings. The molecular weight excluding hydrogens is 228 g/mol. The topological polar surface area (TPSA) is 20.2 Å². The van der Waals surface area contributed by atoms with Crippen LogP contribution in [0.2, 0.25) is 10.0 Å². The number of hydrogen-bond donors (Lipinski definition) is 1. The average Bonchev–Trinajstić information content (AvgIpc) is 2.07. The van der Waals surface area contributed by atoms with Crippen LogP contribution >= 0.6 is 23.2 Å². The largest absolute Gasteiger partial charge is 0.360 e. The fraction of sp³-hybridized carbons (Fsp3) is 0.143. The summed E-state index contributed by atoms with van der Waals surface area (Å²) in [7, 11) is 0. The van der Waals surface area contributed by atoms with Gasteiger partial charge in [0, 0.05) is 0 Å². The van der Waals surface area contributed by atoms with Crippen molar-refractivity contribution < 1.29 is 18.3 Å². The maximum absolute atomic E-state index is 12.9. The minimum absolute atomic E-state index is 0.543. The molecule has 72 valence electrons. The van der Waals surface area contributed by atoms with Gasteiger partial charge in [0.1, 0.15) is 5.02 Å². The second-order valence-corrected chi connectivity index (χ2v) is 3.01. The molecule has 0 heterocycles. The summed E-state index contributed by atoms with van der Waals surface area (Å²) in [5, 5.41) is 6.92. The molecule has 0 radical (unpaired) electrons. The number of hydrogen-bond acceptors (Lipinski definition) is 1. The van der Waals surface area contributed by atoms with E-state index in [0.29, 0.717) is 6.07 Å². The first-order chi connectivity index (χ1) is 5.95. The third-order valence-corrected chi connectivity index (χ3v) is 1.99. The van der Waals surface area contributed by atoms with Gasteiger partial charge < -0.3 is 5.11 Å². The van der Waals surface area contributed by atoms with Crippen LogP contribution in [-0.2, 0) is 0 Å². The molecule has 1 atom stereocenters. The molecule has 0 bridgehead atoms. The van der Waals surface area contributed by atoms with E-state index in [1.165, 1.54) is 0 Å². The number of aliphatic hydroxyl groups is 1. The van der Waals surface area contributed by atoms with Crippen molar-refractivity contribution >= 4 is 23.2 Å². The van der Waals surface area contributed by atoms with E-state index in [0.717, 1.165) is 0 Å². The Morgan fingerprint density at radius 2 is 1.77 bits per heavy atom. The van der Waals surface area contributed by atoms with Crippen molar-refractivity contribution in [3.05, 3.63) is 33.3 Å². The normalized spacial score (nSPS) is 13.1. The van der Waals surface area contributed by atoms with E-state index in [9.17, 15) is 13.2 Å². The Morgan fingerprint density at radius 3 is 2.23 bits per heavy atom. The number of alkyl halides is 1. The van der Waals surface area contributed by atoms with Crippen LogP contribution in [0.3, 0.4) is 0 Å². The van der Waals surface area contributed by atoms with Gasteiger partial charge >= 0.3 is 0 Å².